The molecule has 0 amide bonds. The molecule has 2 aliphatic rings. The van der Waals surface area contributed by atoms with Crippen LogP contribution in [-0.2, 0) is 4.74 Å². The van der Waals surface area contributed by atoms with Crippen molar-refractivity contribution in [3.8, 4) is 0 Å². The van der Waals surface area contributed by atoms with Crippen LogP contribution in [0.2, 0.25) is 0 Å². The van der Waals surface area contributed by atoms with Crippen LogP contribution in [0.1, 0.15) is 26.7 Å². The minimum Gasteiger partial charge on any atom is -0.379 e. The number of hydrogen-bond donors (Lipinski definition) is 2. The molecule has 156 valence electrons. The van der Waals surface area contributed by atoms with E-state index in [2.05, 4.69) is 64.6 Å². The maximum atomic E-state index is 5.44. The Morgan fingerprint density at radius 1 is 1.21 bits per heavy atom. The molecule has 0 radical (unpaired) electrons. The van der Waals surface area contributed by atoms with Gasteiger partial charge in [0.05, 0.1) is 13.2 Å². The van der Waals surface area contributed by atoms with E-state index in [0.717, 1.165) is 65.0 Å². The zero-order valence-corrected chi connectivity index (χ0v) is 17.6. The number of hydrogen-bond acceptors (Lipinski definition) is 4. The summed E-state index contributed by atoms with van der Waals surface area (Å²) < 4.78 is 5.44. The van der Waals surface area contributed by atoms with E-state index in [9.17, 15) is 0 Å². The molecule has 1 aromatic rings. The Bertz CT molecular complexity index is 588. The van der Waals surface area contributed by atoms with Crippen LogP contribution in [0.15, 0.2) is 35.3 Å². The van der Waals surface area contributed by atoms with E-state index < -0.39 is 0 Å². The van der Waals surface area contributed by atoms with Crippen LogP contribution < -0.4 is 15.5 Å². The standard InChI is InChI=1S/C22H37N5O/c1-3-23-22(24-16-19(2)17-26-12-14-28-15-13-26)25-20-8-7-11-27(18-20)21-9-5-4-6-10-21/h4-6,9-10,19-20H,3,7-8,11-18H2,1-2H3,(H2,23,24,25). The summed E-state index contributed by atoms with van der Waals surface area (Å²) in [6.45, 7) is 13.2. The molecule has 2 atom stereocenters. The molecule has 2 heterocycles. The minimum absolute atomic E-state index is 0.432. The first kappa shape index (κ1) is 20.9. The number of para-hydroxylation sites is 1. The monoisotopic (exact) mass is 387 g/mol. The van der Waals surface area contributed by atoms with Crippen molar-refractivity contribution >= 4 is 11.6 Å². The van der Waals surface area contributed by atoms with Gasteiger partial charge in [-0.15, -0.1) is 0 Å². The van der Waals surface area contributed by atoms with Crippen LogP contribution in [0, 0.1) is 5.92 Å². The van der Waals surface area contributed by atoms with Gasteiger partial charge in [0.2, 0.25) is 0 Å². The molecule has 2 aliphatic heterocycles. The van der Waals surface area contributed by atoms with Crippen LogP contribution in [-0.4, -0.2) is 75.9 Å². The molecular weight excluding hydrogens is 350 g/mol. The lowest BCUT2D eigenvalue weighted by atomic mass is 10.0. The summed E-state index contributed by atoms with van der Waals surface area (Å²) in [5, 5.41) is 7.11. The first-order valence-corrected chi connectivity index (χ1v) is 10.9. The lowest BCUT2D eigenvalue weighted by molar-refractivity contribution is 0.0323. The van der Waals surface area contributed by atoms with E-state index in [1.54, 1.807) is 0 Å². The third-order valence-corrected chi connectivity index (χ3v) is 5.46. The molecule has 2 unspecified atom stereocenters. The quantitative estimate of drug-likeness (QED) is 0.555. The molecule has 3 rings (SSSR count). The molecule has 0 bridgehead atoms. The van der Waals surface area contributed by atoms with Crippen molar-refractivity contribution in [1.82, 2.24) is 15.5 Å². The second-order valence-electron chi connectivity index (χ2n) is 8.00. The molecule has 6 heteroatoms. The average molecular weight is 388 g/mol. The molecule has 2 N–H and O–H groups in total. The van der Waals surface area contributed by atoms with Crippen molar-refractivity contribution in [3.05, 3.63) is 30.3 Å². The highest BCUT2D eigenvalue weighted by Gasteiger charge is 2.21. The Morgan fingerprint density at radius 3 is 2.75 bits per heavy atom. The second kappa shape index (κ2) is 11.3. The van der Waals surface area contributed by atoms with Crippen LogP contribution in [0.25, 0.3) is 0 Å². The fourth-order valence-corrected chi connectivity index (χ4v) is 4.01. The van der Waals surface area contributed by atoms with Crippen LogP contribution in [0.5, 0.6) is 0 Å². The summed E-state index contributed by atoms with van der Waals surface area (Å²) >= 11 is 0. The van der Waals surface area contributed by atoms with Gasteiger partial charge in [-0.25, -0.2) is 0 Å². The van der Waals surface area contributed by atoms with E-state index in [0.29, 0.717) is 12.0 Å². The smallest absolute Gasteiger partial charge is 0.191 e. The van der Waals surface area contributed by atoms with Gasteiger partial charge in [0.25, 0.3) is 0 Å². The molecular formula is C22H37N5O. The molecule has 2 fully saturated rings. The zero-order valence-electron chi connectivity index (χ0n) is 17.6. The number of aliphatic imine (C=N–C) groups is 1. The van der Waals surface area contributed by atoms with E-state index in [1.165, 1.54) is 18.5 Å². The van der Waals surface area contributed by atoms with Crippen LogP contribution in [0.3, 0.4) is 0 Å². The van der Waals surface area contributed by atoms with E-state index in [1.807, 2.05) is 0 Å². The fourth-order valence-electron chi connectivity index (χ4n) is 4.01. The van der Waals surface area contributed by atoms with Gasteiger partial charge in [0.1, 0.15) is 0 Å². The lowest BCUT2D eigenvalue weighted by Gasteiger charge is -2.35. The van der Waals surface area contributed by atoms with Crippen molar-refractivity contribution in [2.45, 2.75) is 32.7 Å². The van der Waals surface area contributed by atoms with Gasteiger partial charge in [-0.3, -0.25) is 9.89 Å². The van der Waals surface area contributed by atoms with Gasteiger partial charge >= 0.3 is 0 Å². The number of ether oxygens (including phenoxy) is 1. The highest BCUT2D eigenvalue weighted by Crippen LogP contribution is 2.19. The number of rotatable bonds is 7. The van der Waals surface area contributed by atoms with Crippen molar-refractivity contribution in [1.29, 1.82) is 0 Å². The molecule has 0 spiro atoms. The van der Waals surface area contributed by atoms with Gasteiger partial charge in [-0.1, -0.05) is 25.1 Å². The zero-order chi connectivity index (χ0) is 19.6. The van der Waals surface area contributed by atoms with E-state index in [4.69, 9.17) is 9.73 Å². The number of guanidine groups is 1. The molecule has 28 heavy (non-hydrogen) atoms. The summed E-state index contributed by atoms with van der Waals surface area (Å²) in [4.78, 5) is 9.86. The van der Waals surface area contributed by atoms with E-state index in [-0.39, 0.29) is 0 Å². The summed E-state index contributed by atoms with van der Waals surface area (Å²) in [6, 6.07) is 11.2. The molecule has 1 aromatic carbocycles. The number of anilines is 1. The summed E-state index contributed by atoms with van der Waals surface area (Å²) in [6.07, 6.45) is 2.40. The molecule has 0 saturated carbocycles. The molecule has 0 aliphatic carbocycles. The number of nitrogens with one attached hydrogen (secondary N) is 2. The van der Waals surface area contributed by atoms with Crippen LogP contribution >= 0.6 is 0 Å². The van der Waals surface area contributed by atoms with Gasteiger partial charge in [0, 0.05) is 57.5 Å². The number of piperidine rings is 1. The highest BCUT2D eigenvalue weighted by atomic mass is 16.5. The lowest BCUT2D eigenvalue weighted by Crippen LogP contribution is -2.51. The van der Waals surface area contributed by atoms with Crippen molar-refractivity contribution in [3.63, 3.8) is 0 Å². The van der Waals surface area contributed by atoms with E-state index >= 15 is 0 Å². The molecule has 6 nitrogen and oxygen atoms in total. The maximum absolute atomic E-state index is 5.44. The third kappa shape index (κ3) is 6.67. The number of nitrogens with zero attached hydrogens (tertiary/aromatic N) is 3. The Labute approximate surface area is 170 Å². The maximum Gasteiger partial charge on any atom is 0.191 e. The summed E-state index contributed by atoms with van der Waals surface area (Å²) in [5.41, 5.74) is 1.31. The predicted octanol–water partition coefficient (Wildman–Crippen LogP) is 2.18. The third-order valence-electron chi connectivity index (χ3n) is 5.46. The van der Waals surface area contributed by atoms with Crippen LogP contribution in [0.4, 0.5) is 5.69 Å². The first-order valence-electron chi connectivity index (χ1n) is 10.9. The topological polar surface area (TPSA) is 52.1 Å². The molecule has 2 saturated heterocycles. The van der Waals surface area contributed by atoms with Crippen molar-refractivity contribution in [2.75, 3.05) is 63.9 Å². The Morgan fingerprint density at radius 2 is 2.00 bits per heavy atom. The largest absolute Gasteiger partial charge is 0.379 e. The summed E-state index contributed by atoms with van der Waals surface area (Å²) in [7, 11) is 0. The minimum atomic E-state index is 0.432. The average Bonchev–Trinajstić information content (AvgIpc) is 2.74. The first-order chi connectivity index (χ1) is 13.7. The fraction of sp³-hybridized carbons (Fsp3) is 0.682. The highest BCUT2D eigenvalue weighted by molar-refractivity contribution is 5.80. The van der Waals surface area contributed by atoms with Crippen molar-refractivity contribution < 1.29 is 4.74 Å². The SMILES string of the molecule is CCNC(=NCC(C)CN1CCOCC1)NC1CCCN(c2ccccc2)C1. The molecule has 0 aromatic heterocycles. The predicted molar refractivity (Wildman–Crippen MR) is 117 cm³/mol. The second-order valence-corrected chi connectivity index (χ2v) is 8.00. The van der Waals surface area contributed by atoms with Gasteiger partial charge in [-0.2, -0.15) is 0 Å². The summed E-state index contributed by atoms with van der Waals surface area (Å²) in [5.74, 6) is 1.50. The number of morpholine rings is 1. The Balaban J connectivity index is 1.50. The van der Waals surface area contributed by atoms with Crippen molar-refractivity contribution in [2.24, 2.45) is 10.9 Å². The normalized spacial score (nSPS) is 22.7. The number of benzene rings is 1. The van der Waals surface area contributed by atoms with Gasteiger partial charge < -0.3 is 20.3 Å². The van der Waals surface area contributed by atoms with Gasteiger partial charge in [-0.05, 0) is 37.8 Å². The van der Waals surface area contributed by atoms with Gasteiger partial charge in [0.15, 0.2) is 5.96 Å². The Hall–Kier alpha value is -1.79. The Kier molecular flexibility index (Phi) is 8.42.